The maximum Gasteiger partial charge on any atom is 0.225 e. The van der Waals surface area contributed by atoms with E-state index in [-0.39, 0.29) is 5.41 Å². The van der Waals surface area contributed by atoms with Gasteiger partial charge in [0.15, 0.2) is 0 Å². The van der Waals surface area contributed by atoms with Crippen LogP contribution in [0.1, 0.15) is 71.6 Å². The fourth-order valence-electron chi connectivity index (χ4n) is 3.92. The molecule has 1 saturated carbocycles. The zero-order valence-electron chi connectivity index (χ0n) is 14.1. The summed E-state index contributed by atoms with van der Waals surface area (Å²) in [6.07, 6.45) is 10.9. The Kier molecular flexibility index (Phi) is 6.09. The van der Waals surface area contributed by atoms with Gasteiger partial charge in [-0.05, 0) is 56.4 Å². The van der Waals surface area contributed by atoms with Crippen molar-refractivity contribution in [1.82, 2.24) is 4.90 Å². The normalized spacial score (nSPS) is 29.4. The first kappa shape index (κ1) is 16.8. The minimum atomic E-state index is 0.259. The molecule has 1 amide bonds. The molecule has 2 fully saturated rings. The van der Waals surface area contributed by atoms with Crippen LogP contribution in [-0.4, -0.2) is 30.4 Å². The van der Waals surface area contributed by atoms with Gasteiger partial charge in [0.25, 0.3) is 0 Å². The minimum absolute atomic E-state index is 0.259. The molecule has 0 atom stereocenters. The van der Waals surface area contributed by atoms with E-state index in [0.717, 1.165) is 51.2 Å². The first-order valence-corrected chi connectivity index (χ1v) is 9.07. The molecule has 2 aliphatic rings. The highest BCUT2D eigenvalue weighted by atomic mass is 16.2. The van der Waals surface area contributed by atoms with Crippen molar-refractivity contribution in [1.29, 1.82) is 0 Å². The van der Waals surface area contributed by atoms with Crippen LogP contribution < -0.4 is 5.73 Å². The van der Waals surface area contributed by atoms with Crippen LogP contribution in [0.3, 0.4) is 0 Å². The van der Waals surface area contributed by atoms with E-state index in [1.807, 2.05) is 0 Å². The molecule has 3 nitrogen and oxygen atoms in total. The Balaban J connectivity index is 1.75. The molecular formula is C18H34N2O. The van der Waals surface area contributed by atoms with Crippen LogP contribution in [0.25, 0.3) is 0 Å². The molecule has 122 valence electrons. The van der Waals surface area contributed by atoms with Crippen LogP contribution in [0, 0.1) is 17.3 Å². The molecule has 21 heavy (non-hydrogen) atoms. The van der Waals surface area contributed by atoms with Crippen LogP contribution in [0.5, 0.6) is 0 Å². The molecule has 0 spiro atoms. The van der Waals surface area contributed by atoms with Crippen molar-refractivity contribution in [2.24, 2.45) is 23.0 Å². The molecule has 3 heteroatoms. The summed E-state index contributed by atoms with van der Waals surface area (Å²) in [6, 6.07) is 0. The molecule has 0 aromatic heterocycles. The largest absolute Gasteiger partial charge is 0.342 e. The van der Waals surface area contributed by atoms with E-state index in [1.54, 1.807) is 0 Å². The van der Waals surface area contributed by atoms with E-state index >= 15 is 0 Å². The van der Waals surface area contributed by atoms with Crippen molar-refractivity contribution in [2.75, 3.05) is 19.6 Å². The Bertz CT molecular complexity index is 326. The third-order valence-electron chi connectivity index (χ3n) is 5.94. The molecule has 0 unspecified atom stereocenters. The molecule has 1 heterocycles. The fourth-order valence-corrected chi connectivity index (χ4v) is 3.92. The second kappa shape index (κ2) is 7.62. The van der Waals surface area contributed by atoms with Crippen LogP contribution in [-0.2, 0) is 4.79 Å². The van der Waals surface area contributed by atoms with Crippen LogP contribution in [0.2, 0.25) is 0 Å². The second-order valence-corrected chi connectivity index (χ2v) is 7.70. The monoisotopic (exact) mass is 294 g/mol. The molecule has 2 rings (SSSR count). The third-order valence-corrected chi connectivity index (χ3v) is 5.94. The summed E-state index contributed by atoms with van der Waals surface area (Å²) in [7, 11) is 0. The summed E-state index contributed by atoms with van der Waals surface area (Å²) in [5.41, 5.74) is 6.11. The number of nitrogens with zero attached hydrogens (tertiary/aromatic N) is 1. The summed E-state index contributed by atoms with van der Waals surface area (Å²) in [6.45, 7) is 7.11. The number of carbonyl (C=O) groups is 1. The maximum absolute atomic E-state index is 12.7. The van der Waals surface area contributed by atoms with Gasteiger partial charge in [0.05, 0.1) is 0 Å². The zero-order chi connectivity index (χ0) is 15.3. The minimum Gasteiger partial charge on any atom is -0.342 e. The highest BCUT2D eigenvalue weighted by Gasteiger charge is 2.34. The van der Waals surface area contributed by atoms with Gasteiger partial charge in [-0.2, -0.15) is 0 Å². The maximum atomic E-state index is 12.7. The van der Waals surface area contributed by atoms with Crippen molar-refractivity contribution < 1.29 is 4.79 Å². The predicted molar refractivity (Wildman–Crippen MR) is 87.9 cm³/mol. The number of piperidine rings is 1. The molecule has 1 aliphatic heterocycles. The summed E-state index contributed by atoms with van der Waals surface area (Å²) < 4.78 is 0. The van der Waals surface area contributed by atoms with Crippen molar-refractivity contribution in [3.63, 3.8) is 0 Å². The van der Waals surface area contributed by atoms with Crippen molar-refractivity contribution >= 4 is 5.91 Å². The molecule has 1 aliphatic carbocycles. The average Bonchev–Trinajstić information content (AvgIpc) is 2.53. The smallest absolute Gasteiger partial charge is 0.225 e. The zero-order valence-corrected chi connectivity index (χ0v) is 14.1. The summed E-state index contributed by atoms with van der Waals surface area (Å²) in [5.74, 6) is 1.63. The molecule has 0 radical (unpaired) electrons. The number of likely N-dealkylation sites (tertiary alicyclic amines) is 1. The standard InChI is InChI=1S/C18H34N2O/c1-3-4-5-15-6-8-16(9-7-15)17(21)20-12-10-18(2,14-19)11-13-20/h15-16H,3-14,19H2,1-2H3. The Hall–Kier alpha value is -0.570. The number of carbonyl (C=O) groups excluding carboxylic acids is 1. The number of nitrogens with two attached hydrogens (primary N) is 1. The lowest BCUT2D eigenvalue weighted by atomic mass is 9.77. The van der Waals surface area contributed by atoms with Gasteiger partial charge in [0, 0.05) is 19.0 Å². The van der Waals surface area contributed by atoms with Crippen molar-refractivity contribution in [3.05, 3.63) is 0 Å². The van der Waals surface area contributed by atoms with Gasteiger partial charge in [0.1, 0.15) is 0 Å². The van der Waals surface area contributed by atoms with Crippen LogP contribution >= 0.6 is 0 Å². The topological polar surface area (TPSA) is 46.3 Å². The number of hydrogen-bond acceptors (Lipinski definition) is 2. The lowest BCUT2D eigenvalue weighted by Gasteiger charge is -2.40. The van der Waals surface area contributed by atoms with Gasteiger partial charge in [0.2, 0.25) is 5.91 Å². The highest BCUT2D eigenvalue weighted by Crippen LogP contribution is 2.35. The Morgan fingerprint density at radius 1 is 1.19 bits per heavy atom. The predicted octanol–water partition coefficient (Wildman–Crippen LogP) is 3.57. The summed E-state index contributed by atoms with van der Waals surface area (Å²) in [4.78, 5) is 14.8. The van der Waals surface area contributed by atoms with E-state index < -0.39 is 0 Å². The van der Waals surface area contributed by atoms with E-state index in [4.69, 9.17) is 5.73 Å². The van der Waals surface area contributed by atoms with E-state index in [0.29, 0.717) is 11.8 Å². The number of unbranched alkanes of at least 4 members (excludes halogenated alkanes) is 1. The molecule has 0 aromatic rings. The van der Waals surface area contributed by atoms with Gasteiger partial charge in [-0.3, -0.25) is 4.79 Å². The number of amides is 1. The second-order valence-electron chi connectivity index (χ2n) is 7.70. The summed E-state index contributed by atoms with van der Waals surface area (Å²) in [5, 5.41) is 0. The fraction of sp³-hybridized carbons (Fsp3) is 0.944. The van der Waals surface area contributed by atoms with Gasteiger partial charge in [-0.1, -0.05) is 33.1 Å². The third kappa shape index (κ3) is 4.45. The van der Waals surface area contributed by atoms with Crippen LogP contribution in [0.4, 0.5) is 0 Å². The summed E-state index contributed by atoms with van der Waals surface area (Å²) >= 11 is 0. The van der Waals surface area contributed by atoms with Gasteiger partial charge >= 0.3 is 0 Å². The number of rotatable bonds is 5. The molecular weight excluding hydrogens is 260 g/mol. The van der Waals surface area contributed by atoms with E-state index in [1.165, 1.54) is 32.1 Å². The Labute approximate surface area is 130 Å². The van der Waals surface area contributed by atoms with Crippen LogP contribution in [0.15, 0.2) is 0 Å². The van der Waals surface area contributed by atoms with Gasteiger partial charge in [-0.25, -0.2) is 0 Å². The first-order chi connectivity index (χ1) is 10.1. The van der Waals surface area contributed by atoms with Crippen molar-refractivity contribution in [3.8, 4) is 0 Å². The lowest BCUT2D eigenvalue weighted by molar-refractivity contribution is -0.139. The van der Waals surface area contributed by atoms with Gasteiger partial charge in [-0.15, -0.1) is 0 Å². The molecule has 1 saturated heterocycles. The van der Waals surface area contributed by atoms with E-state index in [2.05, 4.69) is 18.7 Å². The molecule has 0 bridgehead atoms. The van der Waals surface area contributed by atoms with Crippen molar-refractivity contribution in [2.45, 2.75) is 71.6 Å². The first-order valence-electron chi connectivity index (χ1n) is 9.07. The van der Waals surface area contributed by atoms with E-state index in [9.17, 15) is 4.79 Å². The molecule has 2 N–H and O–H groups in total. The SMILES string of the molecule is CCCCC1CCC(C(=O)N2CCC(C)(CN)CC2)CC1. The van der Waals surface area contributed by atoms with Gasteiger partial charge < -0.3 is 10.6 Å². The molecule has 0 aromatic carbocycles. The number of hydrogen-bond donors (Lipinski definition) is 1. The highest BCUT2D eigenvalue weighted by molar-refractivity contribution is 5.79. The quantitative estimate of drug-likeness (QED) is 0.842. The Morgan fingerprint density at radius 3 is 2.33 bits per heavy atom. The lowest BCUT2D eigenvalue weighted by Crippen LogP contribution is -2.47. The Morgan fingerprint density at radius 2 is 1.81 bits per heavy atom. The average molecular weight is 294 g/mol.